The number of rotatable bonds is 4. The van der Waals surface area contributed by atoms with Crippen molar-refractivity contribution < 1.29 is 19.2 Å². The van der Waals surface area contributed by atoms with Gasteiger partial charge in [0.1, 0.15) is 12.1 Å². The van der Waals surface area contributed by atoms with Gasteiger partial charge in [0.25, 0.3) is 0 Å². The Morgan fingerprint density at radius 2 is 0.944 bits per heavy atom. The molecule has 1 saturated carbocycles. The molecule has 1 fully saturated rings. The van der Waals surface area contributed by atoms with Gasteiger partial charge in [0, 0.05) is 0 Å². The zero-order valence-corrected chi connectivity index (χ0v) is 9.15. The zero-order valence-electron chi connectivity index (χ0n) is 9.15. The maximum absolute atomic E-state index is 10.4. The van der Waals surface area contributed by atoms with E-state index < -0.39 is 24.2 Å². The second-order valence-electron chi connectivity index (χ2n) is 3.57. The maximum Gasteiger partial charge on any atom is 0.235 e. The van der Waals surface area contributed by atoms with Crippen LogP contribution in [0.2, 0.25) is 0 Å². The van der Waals surface area contributed by atoms with Crippen LogP contribution in [0.3, 0.4) is 0 Å². The molecule has 4 unspecified atom stereocenters. The summed E-state index contributed by atoms with van der Waals surface area (Å²) in [5.74, 6) is 0. The summed E-state index contributed by atoms with van der Waals surface area (Å²) in [6, 6.07) is -3.02. The van der Waals surface area contributed by atoms with E-state index in [1.807, 2.05) is 0 Å². The molecular formula is C10H8N4O4. The average molecular weight is 248 g/mol. The average Bonchev–Trinajstić information content (AvgIpc) is 2.37. The fraction of sp³-hybridized carbons (Fsp3) is 0.600. The fourth-order valence-electron chi connectivity index (χ4n) is 2.00. The van der Waals surface area contributed by atoms with Crippen LogP contribution in [0.15, 0.2) is 20.0 Å². The lowest BCUT2D eigenvalue weighted by Gasteiger charge is -2.32. The minimum atomic E-state index is -0.874. The first-order chi connectivity index (χ1) is 8.78. The first kappa shape index (κ1) is 13.6. The molecule has 0 aromatic heterocycles. The quantitative estimate of drug-likeness (QED) is 0.496. The molecule has 8 heteroatoms. The van der Waals surface area contributed by atoms with Gasteiger partial charge in [0.15, 0.2) is 0 Å². The number of carbonyl (C=O) groups excluding carboxylic acids is 4. The Labute approximate surface area is 101 Å². The topological polar surface area (TPSA) is 118 Å². The number of aliphatic imine (C=N–C) groups is 4. The Bertz CT molecular complexity index is 448. The first-order valence-electron chi connectivity index (χ1n) is 5.06. The molecule has 0 amide bonds. The summed E-state index contributed by atoms with van der Waals surface area (Å²) in [5.41, 5.74) is 0. The van der Waals surface area contributed by atoms with Crippen molar-refractivity contribution in [3.8, 4) is 0 Å². The highest BCUT2D eigenvalue weighted by molar-refractivity contribution is 5.40. The van der Waals surface area contributed by atoms with Crippen molar-refractivity contribution in [2.45, 2.75) is 37.0 Å². The Morgan fingerprint density at radius 3 is 1.22 bits per heavy atom. The summed E-state index contributed by atoms with van der Waals surface area (Å²) in [7, 11) is 0. The SMILES string of the molecule is O=C=NC1CCC(N=C=O)C(N=C=O)C1N=C=O. The number of hydrogen-bond donors (Lipinski definition) is 0. The van der Waals surface area contributed by atoms with Crippen LogP contribution in [-0.4, -0.2) is 48.5 Å². The molecule has 1 aliphatic rings. The molecule has 0 saturated heterocycles. The molecule has 0 aliphatic heterocycles. The van der Waals surface area contributed by atoms with Crippen molar-refractivity contribution in [2.75, 3.05) is 0 Å². The van der Waals surface area contributed by atoms with Crippen molar-refractivity contribution in [3.05, 3.63) is 0 Å². The predicted molar refractivity (Wildman–Crippen MR) is 56.9 cm³/mol. The lowest BCUT2D eigenvalue weighted by atomic mass is 9.83. The van der Waals surface area contributed by atoms with E-state index in [0.29, 0.717) is 12.8 Å². The summed E-state index contributed by atoms with van der Waals surface area (Å²) < 4.78 is 0. The van der Waals surface area contributed by atoms with Gasteiger partial charge in [-0.15, -0.1) is 0 Å². The van der Waals surface area contributed by atoms with Gasteiger partial charge in [0.05, 0.1) is 12.1 Å². The van der Waals surface area contributed by atoms with E-state index in [-0.39, 0.29) is 0 Å². The molecule has 1 rings (SSSR count). The van der Waals surface area contributed by atoms with E-state index in [1.165, 1.54) is 24.3 Å². The monoisotopic (exact) mass is 248 g/mol. The molecular weight excluding hydrogens is 240 g/mol. The highest BCUT2D eigenvalue weighted by Crippen LogP contribution is 2.28. The first-order valence-corrected chi connectivity index (χ1v) is 5.06. The molecule has 0 N–H and O–H groups in total. The zero-order chi connectivity index (χ0) is 13.4. The molecule has 8 nitrogen and oxygen atoms in total. The summed E-state index contributed by atoms with van der Waals surface area (Å²) >= 11 is 0. The normalized spacial score (nSPS) is 29.8. The van der Waals surface area contributed by atoms with Crippen LogP contribution in [0, 0.1) is 0 Å². The van der Waals surface area contributed by atoms with E-state index in [4.69, 9.17) is 0 Å². The molecule has 18 heavy (non-hydrogen) atoms. The molecule has 0 radical (unpaired) electrons. The van der Waals surface area contributed by atoms with Gasteiger partial charge in [-0.05, 0) is 12.8 Å². The number of hydrogen-bond acceptors (Lipinski definition) is 8. The highest BCUT2D eigenvalue weighted by atomic mass is 16.1. The lowest BCUT2D eigenvalue weighted by Crippen LogP contribution is -2.45. The van der Waals surface area contributed by atoms with Gasteiger partial charge >= 0.3 is 0 Å². The number of nitrogens with zero attached hydrogens (tertiary/aromatic N) is 4. The maximum atomic E-state index is 10.4. The van der Waals surface area contributed by atoms with E-state index in [0.717, 1.165) is 0 Å². The van der Waals surface area contributed by atoms with Crippen molar-refractivity contribution in [1.82, 2.24) is 0 Å². The van der Waals surface area contributed by atoms with Gasteiger partial charge in [-0.2, -0.15) is 9.98 Å². The predicted octanol–water partition coefficient (Wildman–Crippen LogP) is -0.402. The third-order valence-electron chi connectivity index (χ3n) is 2.74. The molecule has 0 aromatic rings. The molecule has 1 aliphatic carbocycles. The molecule has 0 bridgehead atoms. The van der Waals surface area contributed by atoms with E-state index in [2.05, 4.69) is 20.0 Å². The summed E-state index contributed by atoms with van der Waals surface area (Å²) in [5, 5.41) is 0. The van der Waals surface area contributed by atoms with Gasteiger partial charge in [-0.1, -0.05) is 0 Å². The summed E-state index contributed by atoms with van der Waals surface area (Å²) in [6.07, 6.45) is 6.14. The number of isocyanates is 4. The van der Waals surface area contributed by atoms with Crippen LogP contribution in [0.25, 0.3) is 0 Å². The van der Waals surface area contributed by atoms with Crippen molar-refractivity contribution in [1.29, 1.82) is 0 Å². The second kappa shape index (κ2) is 6.97. The minimum absolute atomic E-state index is 0.367. The smallest absolute Gasteiger partial charge is 0.211 e. The van der Waals surface area contributed by atoms with Crippen molar-refractivity contribution >= 4 is 24.3 Å². The van der Waals surface area contributed by atoms with Gasteiger partial charge in [0.2, 0.25) is 24.3 Å². The van der Waals surface area contributed by atoms with Crippen molar-refractivity contribution in [2.24, 2.45) is 20.0 Å². The molecule has 92 valence electrons. The fourth-order valence-corrected chi connectivity index (χ4v) is 2.00. The van der Waals surface area contributed by atoms with Crippen LogP contribution >= 0.6 is 0 Å². The standard InChI is InChI=1S/C10H8N4O4/c15-3-11-7-1-2-8(12-4-16)10(14-6-18)9(7)13-5-17/h7-10H,1-2H2. The lowest BCUT2D eigenvalue weighted by molar-refractivity contribution is 0.306. The van der Waals surface area contributed by atoms with Crippen LogP contribution in [0.4, 0.5) is 0 Å². The third-order valence-corrected chi connectivity index (χ3v) is 2.74. The molecule has 4 atom stereocenters. The van der Waals surface area contributed by atoms with E-state index in [9.17, 15) is 19.2 Å². The molecule has 0 spiro atoms. The van der Waals surface area contributed by atoms with E-state index >= 15 is 0 Å². The van der Waals surface area contributed by atoms with Crippen LogP contribution in [-0.2, 0) is 19.2 Å². The summed E-state index contributed by atoms with van der Waals surface area (Å²) in [4.78, 5) is 55.2. The summed E-state index contributed by atoms with van der Waals surface area (Å²) in [6.45, 7) is 0. The minimum Gasteiger partial charge on any atom is -0.211 e. The van der Waals surface area contributed by atoms with Crippen molar-refractivity contribution in [3.63, 3.8) is 0 Å². The second-order valence-corrected chi connectivity index (χ2v) is 3.57. The van der Waals surface area contributed by atoms with Crippen LogP contribution in [0.1, 0.15) is 12.8 Å². The third kappa shape index (κ3) is 3.01. The van der Waals surface area contributed by atoms with Gasteiger partial charge in [-0.3, -0.25) is 0 Å². The molecule has 0 heterocycles. The van der Waals surface area contributed by atoms with Crippen LogP contribution < -0.4 is 0 Å². The Morgan fingerprint density at radius 1 is 0.611 bits per heavy atom. The largest absolute Gasteiger partial charge is 0.235 e. The van der Waals surface area contributed by atoms with Gasteiger partial charge < -0.3 is 0 Å². The Hall–Kier alpha value is -2.48. The molecule has 0 aromatic carbocycles. The van der Waals surface area contributed by atoms with Gasteiger partial charge in [-0.25, -0.2) is 29.2 Å². The Kier molecular flexibility index (Phi) is 5.26. The van der Waals surface area contributed by atoms with Crippen LogP contribution in [0.5, 0.6) is 0 Å². The van der Waals surface area contributed by atoms with E-state index in [1.54, 1.807) is 0 Å². The Balaban J connectivity index is 3.16. The highest BCUT2D eigenvalue weighted by Gasteiger charge is 2.40.